The number of halogens is 1. The Labute approximate surface area is 139 Å². The van der Waals surface area contributed by atoms with Gasteiger partial charge >= 0.3 is 0 Å². The van der Waals surface area contributed by atoms with Crippen LogP contribution in [0.5, 0.6) is 5.75 Å². The Morgan fingerprint density at radius 3 is 2.83 bits per heavy atom. The van der Waals surface area contributed by atoms with Crippen molar-refractivity contribution in [1.82, 2.24) is 0 Å². The van der Waals surface area contributed by atoms with E-state index in [-0.39, 0.29) is 17.4 Å². The molecular formula is C20H17FO3. The van der Waals surface area contributed by atoms with Crippen LogP contribution < -0.4 is 4.74 Å². The molecule has 0 unspecified atom stereocenters. The number of fused-ring (bicyclic) bond motifs is 1. The molecule has 0 aliphatic heterocycles. The van der Waals surface area contributed by atoms with E-state index in [1.807, 2.05) is 31.2 Å². The Kier molecular flexibility index (Phi) is 4.47. The molecule has 0 saturated carbocycles. The number of ether oxygens (including phenoxy) is 1. The first-order valence-electron chi connectivity index (χ1n) is 7.73. The van der Waals surface area contributed by atoms with Gasteiger partial charge in [-0.25, -0.2) is 4.39 Å². The number of ketones is 1. The maximum atomic E-state index is 13.4. The molecule has 0 saturated heterocycles. The van der Waals surface area contributed by atoms with Crippen molar-refractivity contribution in [2.24, 2.45) is 0 Å². The lowest BCUT2D eigenvalue weighted by Crippen LogP contribution is -1.96. The lowest BCUT2D eigenvalue weighted by Gasteiger charge is -2.05. The molecule has 1 heterocycles. The van der Waals surface area contributed by atoms with E-state index in [9.17, 15) is 9.18 Å². The Hall–Kier alpha value is -2.88. The van der Waals surface area contributed by atoms with Crippen molar-refractivity contribution in [1.29, 1.82) is 0 Å². The quantitative estimate of drug-likeness (QED) is 0.480. The molecular weight excluding hydrogens is 307 g/mol. The molecule has 3 rings (SSSR count). The van der Waals surface area contributed by atoms with Crippen molar-refractivity contribution < 1.29 is 18.3 Å². The van der Waals surface area contributed by atoms with Crippen LogP contribution in [0.2, 0.25) is 0 Å². The van der Waals surface area contributed by atoms with Crippen LogP contribution in [0.3, 0.4) is 0 Å². The van der Waals surface area contributed by atoms with Gasteiger partial charge < -0.3 is 9.15 Å². The third kappa shape index (κ3) is 3.08. The van der Waals surface area contributed by atoms with Crippen LogP contribution in [0.25, 0.3) is 17.0 Å². The number of furan rings is 1. The van der Waals surface area contributed by atoms with E-state index >= 15 is 0 Å². The van der Waals surface area contributed by atoms with Crippen LogP contribution in [0, 0.1) is 12.7 Å². The van der Waals surface area contributed by atoms with Crippen molar-refractivity contribution in [2.75, 3.05) is 6.61 Å². The van der Waals surface area contributed by atoms with Gasteiger partial charge in [-0.1, -0.05) is 18.2 Å². The third-order valence-corrected chi connectivity index (χ3v) is 3.76. The smallest absolute Gasteiger partial charge is 0.221 e. The highest BCUT2D eigenvalue weighted by atomic mass is 19.1. The second-order valence-electron chi connectivity index (χ2n) is 5.37. The summed E-state index contributed by atoms with van der Waals surface area (Å²) in [5.74, 6) is 0.315. The maximum absolute atomic E-state index is 13.4. The summed E-state index contributed by atoms with van der Waals surface area (Å²) in [6, 6.07) is 11.7. The molecule has 1 aromatic heterocycles. The van der Waals surface area contributed by atoms with Crippen LogP contribution in [0.15, 0.2) is 53.0 Å². The fourth-order valence-corrected chi connectivity index (χ4v) is 2.57. The number of allylic oxidation sites excluding steroid dienone is 1. The number of benzene rings is 2. The van der Waals surface area contributed by atoms with Crippen LogP contribution >= 0.6 is 0 Å². The second kappa shape index (κ2) is 6.71. The number of rotatable bonds is 5. The molecule has 3 aromatic rings. The lowest BCUT2D eigenvalue weighted by atomic mass is 10.1. The number of carbonyl (C=O) groups is 1. The monoisotopic (exact) mass is 324 g/mol. The first-order valence-corrected chi connectivity index (χ1v) is 7.73. The predicted octanol–water partition coefficient (Wildman–Crippen LogP) is 5.18. The Bertz CT molecular complexity index is 922. The van der Waals surface area contributed by atoms with Gasteiger partial charge in [0.15, 0.2) is 5.76 Å². The lowest BCUT2D eigenvalue weighted by molar-refractivity contribution is 0.102. The van der Waals surface area contributed by atoms with Gasteiger partial charge in [-0.2, -0.15) is 0 Å². The van der Waals surface area contributed by atoms with Gasteiger partial charge in [-0.15, -0.1) is 0 Å². The summed E-state index contributed by atoms with van der Waals surface area (Å²) in [5, 5.41) is 0.612. The van der Waals surface area contributed by atoms with Gasteiger partial charge in [0.25, 0.3) is 0 Å². The van der Waals surface area contributed by atoms with Crippen molar-refractivity contribution >= 4 is 22.8 Å². The molecule has 0 fully saturated rings. The van der Waals surface area contributed by atoms with Crippen LogP contribution in [0.4, 0.5) is 4.39 Å². The average Bonchev–Trinajstić information content (AvgIpc) is 2.91. The zero-order chi connectivity index (χ0) is 17.1. The molecule has 3 nitrogen and oxygen atoms in total. The van der Waals surface area contributed by atoms with Crippen molar-refractivity contribution in [3.63, 3.8) is 0 Å². The molecule has 0 spiro atoms. The highest BCUT2D eigenvalue weighted by molar-refractivity contribution is 6.08. The van der Waals surface area contributed by atoms with Gasteiger partial charge in [0.1, 0.15) is 17.1 Å². The second-order valence-corrected chi connectivity index (χ2v) is 5.37. The first-order chi connectivity index (χ1) is 11.6. The number of carbonyl (C=O) groups excluding carboxylic acids is 1. The molecule has 0 amide bonds. The summed E-state index contributed by atoms with van der Waals surface area (Å²) < 4.78 is 24.5. The Morgan fingerprint density at radius 2 is 2.04 bits per heavy atom. The molecule has 0 N–H and O–H groups in total. The standard InChI is InChI=1S/C20H17FO3/c1-3-23-18-7-5-4-6-14(18)8-10-17(22)20-13(2)16-12-15(21)9-11-19(16)24-20/h4-12H,3H2,1-2H3/b10-8+. The van der Waals surface area contributed by atoms with Gasteiger partial charge in [0, 0.05) is 16.5 Å². The summed E-state index contributed by atoms with van der Waals surface area (Å²) in [5.41, 5.74) is 1.95. The molecule has 0 radical (unpaired) electrons. The maximum Gasteiger partial charge on any atom is 0.221 e. The van der Waals surface area contributed by atoms with Crippen molar-refractivity contribution in [3.8, 4) is 5.75 Å². The van der Waals surface area contributed by atoms with E-state index in [0.717, 1.165) is 5.56 Å². The van der Waals surface area contributed by atoms with Gasteiger partial charge in [-0.05, 0) is 50.3 Å². The predicted molar refractivity (Wildman–Crippen MR) is 91.9 cm³/mol. The Balaban J connectivity index is 1.92. The van der Waals surface area contributed by atoms with Crippen LogP contribution in [-0.4, -0.2) is 12.4 Å². The molecule has 0 aliphatic carbocycles. The summed E-state index contributed by atoms with van der Waals surface area (Å²) in [6.07, 6.45) is 3.14. The number of hydrogen-bond acceptors (Lipinski definition) is 3. The topological polar surface area (TPSA) is 39.4 Å². The normalized spacial score (nSPS) is 11.3. The zero-order valence-corrected chi connectivity index (χ0v) is 13.5. The summed E-state index contributed by atoms with van der Waals surface area (Å²) in [7, 11) is 0. The van der Waals surface area contributed by atoms with Crippen LogP contribution in [0.1, 0.15) is 28.6 Å². The van der Waals surface area contributed by atoms with Crippen LogP contribution in [-0.2, 0) is 0 Å². The van der Waals surface area contributed by atoms with E-state index in [1.165, 1.54) is 24.3 Å². The minimum Gasteiger partial charge on any atom is -0.493 e. The number of para-hydroxylation sites is 1. The molecule has 122 valence electrons. The summed E-state index contributed by atoms with van der Waals surface area (Å²) >= 11 is 0. The molecule has 0 atom stereocenters. The van der Waals surface area contributed by atoms with E-state index in [1.54, 1.807) is 13.0 Å². The van der Waals surface area contributed by atoms with Gasteiger partial charge in [0.05, 0.1) is 6.61 Å². The first kappa shape index (κ1) is 16.0. The Morgan fingerprint density at radius 1 is 1.25 bits per heavy atom. The fraction of sp³-hybridized carbons (Fsp3) is 0.150. The third-order valence-electron chi connectivity index (χ3n) is 3.76. The fourth-order valence-electron chi connectivity index (χ4n) is 2.57. The van der Waals surface area contributed by atoms with E-state index in [2.05, 4.69) is 0 Å². The molecule has 24 heavy (non-hydrogen) atoms. The largest absolute Gasteiger partial charge is 0.493 e. The summed E-state index contributed by atoms with van der Waals surface area (Å²) in [6.45, 7) is 4.20. The van der Waals surface area contributed by atoms with Crippen molar-refractivity contribution in [2.45, 2.75) is 13.8 Å². The number of hydrogen-bond donors (Lipinski definition) is 0. The molecule has 2 aromatic carbocycles. The van der Waals surface area contributed by atoms with E-state index < -0.39 is 0 Å². The van der Waals surface area contributed by atoms with Gasteiger partial charge in [0.2, 0.25) is 5.78 Å². The average molecular weight is 324 g/mol. The molecule has 4 heteroatoms. The summed E-state index contributed by atoms with van der Waals surface area (Å²) in [4.78, 5) is 12.4. The molecule has 0 bridgehead atoms. The zero-order valence-electron chi connectivity index (χ0n) is 13.5. The highest BCUT2D eigenvalue weighted by Crippen LogP contribution is 2.27. The minimum atomic E-state index is -0.355. The number of aryl methyl sites for hydroxylation is 1. The van der Waals surface area contributed by atoms with Crippen molar-refractivity contribution in [3.05, 3.63) is 71.2 Å². The minimum absolute atomic E-state index is 0.223. The van der Waals surface area contributed by atoms with E-state index in [4.69, 9.17) is 9.15 Å². The highest BCUT2D eigenvalue weighted by Gasteiger charge is 2.16. The van der Waals surface area contributed by atoms with E-state index in [0.29, 0.717) is 28.9 Å². The molecule has 0 aliphatic rings. The SMILES string of the molecule is CCOc1ccccc1/C=C/C(=O)c1oc2ccc(F)cc2c1C. The van der Waals surface area contributed by atoms with Gasteiger partial charge in [-0.3, -0.25) is 4.79 Å².